The Bertz CT molecular complexity index is 901. The number of hydrogen-bond acceptors (Lipinski definition) is 4. The normalized spacial score (nSPS) is 12.3. The predicted molar refractivity (Wildman–Crippen MR) is 113 cm³/mol. The molecule has 152 valence electrons. The lowest BCUT2D eigenvalue weighted by Crippen LogP contribution is -2.36. The van der Waals surface area contributed by atoms with Gasteiger partial charge in [0.2, 0.25) is 10.0 Å². The molecule has 0 fully saturated rings. The molecule has 6 nitrogen and oxygen atoms in total. The minimum atomic E-state index is -3.32. The molecule has 0 radical (unpaired) electrons. The molecule has 2 aromatic carbocycles. The Morgan fingerprint density at radius 3 is 2.43 bits per heavy atom. The van der Waals surface area contributed by atoms with Gasteiger partial charge < -0.3 is 10.1 Å². The maximum absolute atomic E-state index is 12.2. The van der Waals surface area contributed by atoms with Gasteiger partial charge in [0.05, 0.1) is 11.9 Å². The number of carbonyl (C=O) groups excluding carboxylic acids is 1. The highest BCUT2D eigenvalue weighted by Gasteiger charge is 2.15. The molecule has 0 bridgehead atoms. The van der Waals surface area contributed by atoms with Crippen LogP contribution in [0.1, 0.15) is 18.9 Å². The van der Waals surface area contributed by atoms with Crippen molar-refractivity contribution in [3.63, 3.8) is 0 Å². The Balaban J connectivity index is 1.79. The molecule has 8 heteroatoms. The second kappa shape index (κ2) is 9.80. The molecule has 0 aromatic heterocycles. The molecule has 1 atom stereocenters. The van der Waals surface area contributed by atoms with Crippen LogP contribution in [-0.2, 0) is 21.2 Å². The van der Waals surface area contributed by atoms with Crippen molar-refractivity contribution in [2.45, 2.75) is 25.9 Å². The van der Waals surface area contributed by atoms with Gasteiger partial charge in [0.1, 0.15) is 5.75 Å². The molecule has 0 spiro atoms. The predicted octanol–water partition coefficient (Wildman–Crippen LogP) is 3.25. The summed E-state index contributed by atoms with van der Waals surface area (Å²) in [5.74, 6) is 0.279. The number of anilines is 1. The Kier molecular flexibility index (Phi) is 7.71. The van der Waals surface area contributed by atoms with Crippen LogP contribution in [0.4, 0.5) is 5.69 Å². The van der Waals surface area contributed by atoms with Crippen LogP contribution in [0.5, 0.6) is 5.75 Å². The zero-order chi connectivity index (χ0) is 20.7. The summed E-state index contributed by atoms with van der Waals surface area (Å²) in [7, 11) is -1.84. The Hall–Kier alpha value is -2.25. The second-order valence-corrected chi connectivity index (χ2v) is 8.89. The Labute approximate surface area is 171 Å². The highest BCUT2D eigenvalue weighted by Crippen LogP contribution is 2.21. The molecular weight excluding hydrogens is 400 g/mol. The second-order valence-electron chi connectivity index (χ2n) is 6.47. The van der Waals surface area contributed by atoms with Gasteiger partial charge in [0.25, 0.3) is 5.91 Å². The zero-order valence-corrected chi connectivity index (χ0v) is 17.8. The molecular formula is C20H25ClN2O4S. The van der Waals surface area contributed by atoms with Gasteiger partial charge in [0.15, 0.2) is 6.10 Å². The van der Waals surface area contributed by atoms with Crippen molar-refractivity contribution in [3.05, 3.63) is 59.1 Å². The van der Waals surface area contributed by atoms with Crippen LogP contribution in [0.2, 0.25) is 5.02 Å². The molecule has 2 aromatic rings. The van der Waals surface area contributed by atoms with E-state index in [1.807, 2.05) is 24.3 Å². The summed E-state index contributed by atoms with van der Waals surface area (Å²) in [6.45, 7) is 2.19. The van der Waals surface area contributed by atoms with E-state index in [1.54, 1.807) is 31.2 Å². The molecule has 2 rings (SSSR count). The van der Waals surface area contributed by atoms with Crippen LogP contribution in [-0.4, -0.2) is 40.3 Å². The molecule has 0 heterocycles. The number of halogens is 1. The molecule has 0 saturated carbocycles. The van der Waals surface area contributed by atoms with Crippen LogP contribution >= 0.6 is 11.6 Å². The van der Waals surface area contributed by atoms with E-state index in [9.17, 15) is 13.2 Å². The van der Waals surface area contributed by atoms with E-state index in [0.29, 0.717) is 18.0 Å². The van der Waals surface area contributed by atoms with Gasteiger partial charge in [-0.3, -0.25) is 9.10 Å². The van der Waals surface area contributed by atoms with Gasteiger partial charge in [-0.25, -0.2) is 8.42 Å². The number of hydrogen-bond donors (Lipinski definition) is 1. The third-order valence-electron chi connectivity index (χ3n) is 4.26. The number of ether oxygens (including phenoxy) is 1. The van der Waals surface area contributed by atoms with Crippen LogP contribution in [0.3, 0.4) is 0 Å². The van der Waals surface area contributed by atoms with E-state index in [4.69, 9.17) is 16.3 Å². The van der Waals surface area contributed by atoms with Crippen molar-refractivity contribution in [2.75, 3.05) is 24.2 Å². The first kappa shape index (κ1) is 22.0. The smallest absolute Gasteiger partial charge is 0.260 e. The standard InChI is InChI=1S/C20H25ClN2O4S/c1-15(20(24)22-14-6-8-16-7-4-5-9-19(16)21)27-18-12-10-17(11-13-18)23(2)28(3,25)26/h4-5,7,9-13,15H,6,8,14H2,1-3H3,(H,22,24)/t15-/m0/s1. The van der Waals surface area contributed by atoms with Crippen molar-refractivity contribution >= 4 is 33.2 Å². The molecule has 28 heavy (non-hydrogen) atoms. The first-order valence-electron chi connectivity index (χ1n) is 8.90. The summed E-state index contributed by atoms with van der Waals surface area (Å²) >= 11 is 6.12. The Morgan fingerprint density at radius 1 is 1.18 bits per heavy atom. The number of aryl methyl sites for hydroxylation is 1. The van der Waals surface area contributed by atoms with E-state index in [0.717, 1.165) is 29.7 Å². The summed E-state index contributed by atoms with van der Waals surface area (Å²) < 4.78 is 29.9. The van der Waals surface area contributed by atoms with E-state index in [-0.39, 0.29) is 5.91 Å². The molecule has 0 aliphatic heterocycles. The molecule has 0 aliphatic carbocycles. The van der Waals surface area contributed by atoms with Gasteiger partial charge in [0, 0.05) is 18.6 Å². The fourth-order valence-corrected chi connectivity index (χ4v) is 3.25. The van der Waals surface area contributed by atoms with Gasteiger partial charge >= 0.3 is 0 Å². The van der Waals surface area contributed by atoms with E-state index in [2.05, 4.69) is 5.32 Å². The van der Waals surface area contributed by atoms with E-state index >= 15 is 0 Å². The van der Waals surface area contributed by atoms with Crippen molar-refractivity contribution in [1.29, 1.82) is 0 Å². The summed E-state index contributed by atoms with van der Waals surface area (Å²) in [5.41, 5.74) is 1.58. The summed E-state index contributed by atoms with van der Waals surface area (Å²) in [4.78, 5) is 12.2. The average molecular weight is 425 g/mol. The highest BCUT2D eigenvalue weighted by atomic mass is 35.5. The number of sulfonamides is 1. The van der Waals surface area contributed by atoms with Gasteiger partial charge in [-0.1, -0.05) is 29.8 Å². The molecule has 0 aliphatic rings. The van der Waals surface area contributed by atoms with Crippen molar-refractivity contribution in [1.82, 2.24) is 5.32 Å². The van der Waals surface area contributed by atoms with E-state index < -0.39 is 16.1 Å². The molecule has 1 amide bonds. The first-order valence-corrected chi connectivity index (χ1v) is 11.1. The lowest BCUT2D eigenvalue weighted by molar-refractivity contribution is -0.127. The van der Waals surface area contributed by atoms with Gasteiger partial charge in [-0.2, -0.15) is 0 Å². The third-order valence-corrected chi connectivity index (χ3v) is 5.83. The van der Waals surface area contributed by atoms with Crippen molar-refractivity contribution < 1.29 is 17.9 Å². The summed E-state index contributed by atoms with van der Waals surface area (Å²) in [6.07, 6.45) is 2.02. The number of nitrogens with zero attached hydrogens (tertiary/aromatic N) is 1. The SMILES string of the molecule is C[C@H](Oc1ccc(N(C)S(C)(=O)=O)cc1)C(=O)NCCCc1ccccc1Cl. The fraction of sp³-hybridized carbons (Fsp3) is 0.350. The Morgan fingerprint density at radius 2 is 1.82 bits per heavy atom. The lowest BCUT2D eigenvalue weighted by Gasteiger charge is -2.18. The summed E-state index contributed by atoms with van der Waals surface area (Å²) in [5, 5.41) is 3.58. The maximum atomic E-state index is 12.2. The van der Waals surface area contributed by atoms with Crippen LogP contribution in [0.25, 0.3) is 0 Å². The first-order chi connectivity index (χ1) is 13.2. The summed E-state index contributed by atoms with van der Waals surface area (Å²) in [6, 6.07) is 14.2. The largest absolute Gasteiger partial charge is 0.481 e. The maximum Gasteiger partial charge on any atom is 0.260 e. The number of nitrogens with one attached hydrogen (secondary N) is 1. The molecule has 1 N–H and O–H groups in total. The van der Waals surface area contributed by atoms with Gasteiger partial charge in [-0.05, 0) is 55.7 Å². The average Bonchev–Trinajstić information content (AvgIpc) is 2.65. The van der Waals surface area contributed by atoms with E-state index in [1.165, 1.54) is 11.4 Å². The number of benzene rings is 2. The minimum absolute atomic E-state index is 0.212. The fourth-order valence-electron chi connectivity index (χ4n) is 2.52. The monoisotopic (exact) mass is 424 g/mol. The van der Waals surface area contributed by atoms with Crippen molar-refractivity contribution in [2.24, 2.45) is 0 Å². The number of rotatable bonds is 9. The number of amides is 1. The third kappa shape index (κ3) is 6.42. The number of carbonyl (C=O) groups is 1. The zero-order valence-electron chi connectivity index (χ0n) is 16.2. The lowest BCUT2D eigenvalue weighted by atomic mass is 10.1. The quantitative estimate of drug-likeness (QED) is 0.627. The van der Waals surface area contributed by atoms with Crippen molar-refractivity contribution in [3.8, 4) is 5.75 Å². The molecule has 0 unspecified atom stereocenters. The highest BCUT2D eigenvalue weighted by molar-refractivity contribution is 7.92. The minimum Gasteiger partial charge on any atom is -0.481 e. The topological polar surface area (TPSA) is 75.7 Å². The van der Waals surface area contributed by atoms with Crippen LogP contribution < -0.4 is 14.4 Å². The van der Waals surface area contributed by atoms with Gasteiger partial charge in [-0.15, -0.1) is 0 Å². The van der Waals surface area contributed by atoms with Crippen LogP contribution in [0.15, 0.2) is 48.5 Å². The molecule has 0 saturated heterocycles. The van der Waals surface area contributed by atoms with Crippen LogP contribution in [0, 0.1) is 0 Å².